The number of hydrogen-bond donors (Lipinski definition) is 2. The first-order valence-corrected chi connectivity index (χ1v) is 6.09. The molecule has 0 aliphatic rings. The third-order valence-corrected chi connectivity index (χ3v) is 4.97. The van der Waals surface area contributed by atoms with Crippen molar-refractivity contribution in [2.24, 2.45) is 0 Å². The second kappa shape index (κ2) is 4.86. The first-order valence-electron chi connectivity index (χ1n) is 4.28. The summed E-state index contributed by atoms with van der Waals surface area (Å²) >= 11 is 0. The summed E-state index contributed by atoms with van der Waals surface area (Å²) in [6, 6.07) is 0. The third kappa shape index (κ3) is 5.16. The van der Waals surface area contributed by atoms with E-state index in [4.69, 9.17) is 10.2 Å². The highest BCUT2D eigenvalue weighted by atomic mass is 32.2. The Morgan fingerprint density at radius 1 is 1.46 bits per heavy atom. The Hall–Kier alpha value is -0.220. The van der Waals surface area contributed by atoms with Crippen LogP contribution in [0.4, 0.5) is 0 Å². The van der Waals surface area contributed by atoms with Gasteiger partial charge in [-0.15, -0.1) is 0 Å². The van der Waals surface area contributed by atoms with E-state index in [1.165, 1.54) is 0 Å². The molecule has 0 rings (SSSR count). The highest BCUT2D eigenvalue weighted by Crippen LogP contribution is 2.17. The number of carboxylic acids is 1. The predicted octanol–water partition coefficient (Wildman–Crippen LogP) is 0.869. The van der Waals surface area contributed by atoms with E-state index in [2.05, 4.69) is 27.0 Å². The first kappa shape index (κ1) is 12.8. The fourth-order valence-corrected chi connectivity index (χ4v) is 1.91. The van der Waals surface area contributed by atoms with Gasteiger partial charge in [-0.1, -0.05) is 0 Å². The lowest BCUT2D eigenvalue weighted by molar-refractivity contribution is -0.146. The topological polar surface area (TPSA) is 57.5 Å². The number of aliphatic hydroxyl groups is 1. The van der Waals surface area contributed by atoms with Crippen LogP contribution in [0.15, 0.2) is 0 Å². The van der Waals surface area contributed by atoms with Crippen LogP contribution in [-0.2, 0) is 15.7 Å². The Balaban J connectivity index is 3.83. The molecule has 2 atom stereocenters. The number of aliphatic carboxylic acids is 1. The van der Waals surface area contributed by atoms with Crippen LogP contribution in [0.3, 0.4) is 0 Å². The molecule has 2 unspecified atom stereocenters. The van der Waals surface area contributed by atoms with Crippen LogP contribution in [0.2, 0.25) is 0 Å². The Morgan fingerprint density at radius 2 is 1.92 bits per heavy atom. The minimum Gasteiger partial charge on any atom is -0.479 e. The van der Waals surface area contributed by atoms with Gasteiger partial charge in [-0.2, -0.15) is 0 Å². The van der Waals surface area contributed by atoms with Gasteiger partial charge in [0.1, 0.15) is 10.5 Å². The molecule has 0 aromatic carbocycles. The summed E-state index contributed by atoms with van der Waals surface area (Å²) in [4.78, 5) is 10.3. The van der Waals surface area contributed by atoms with E-state index in [1.54, 1.807) is 0 Å². The van der Waals surface area contributed by atoms with Crippen LogP contribution in [0, 0.1) is 0 Å². The Morgan fingerprint density at radius 3 is 2.23 bits per heavy atom. The van der Waals surface area contributed by atoms with Crippen LogP contribution >= 0.6 is 0 Å². The van der Waals surface area contributed by atoms with Crippen LogP contribution in [-0.4, -0.2) is 39.0 Å². The van der Waals surface area contributed by atoms with Crippen molar-refractivity contribution in [3.8, 4) is 0 Å². The number of carbonyl (C=O) groups is 1. The molecule has 0 amide bonds. The zero-order chi connectivity index (χ0) is 10.6. The molecule has 0 saturated carbocycles. The second-order valence-corrected chi connectivity index (χ2v) is 7.00. The summed E-state index contributed by atoms with van der Waals surface area (Å²) in [6.07, 6.45) is 1.26. The molecule has 0 aliphatic carbocycles. The van der Waals surface area contributed by atoms with E-state index in [0.717, 1.165) is 5.75 Å². The first-order chi connectivity index (χ1) is 5.75. The van der Waals surface area contributed by atoms with Gasteiger partial charge >= 0.3 is 5.97 Å². The molecule has 3 nitrogen and oxygen atoms in total. The normalized spacial score (nSPS) is 16.7. The molecule has 2 N–H and O–H groups in total. The molecular weight excluding hydrogens is 188 g/mol. The van der Waals surface area contributed by atoms with Crippen molar-refractivity contribution < 1.29 is 15.0 Å². The van der Waals surface area contributed by atoms with Gasteiger partial charge in [0, 0.05) is 6.42 Å². The van der Waals surface area contributed by atoms with Crippen molar-refractivity contribution in [1.29, 1.82) is 0 Å². The minimum absolute atomic E-state index is 0.152. The van der Waals surface area contributed by atoms with Crippen molar-refractivity contribution in [3.63, 3.8) is 0 Å². The molecule has 0 aromatic heterocycles. The van der Waals surface area contributed by atoms with Crippen LogP contribution < -0.4 is 0 Å². The summed E-state index contributed by atoms with van der Waals surface area (Å²) in [6.45, 7) is 6.38. The summed E-state index contributed by atoms with van der Waals surface area (Å²) in [5.41, 5.74) is 0. The molecule has 0 heterocycles. The van der Waals surface area contributed by atoms with E-state index in [9.17, 15) is 4.79 Å². The second-order valence-electron chi connectivity index (χ2n) is 4.10. The van der Waals surface area contributed by atoms with Crippen molar-refractivity contribution >= 4 is 16.9 Å². The standard InChI is InChI=1S/C9H18O3S/c1-9(2,3)13(4)6-5-7(10)8(11)12/h7,10H,5-6H2,1-4H3/p+1. The van der Waals surface area contributed by atoms with Crippen LogP contribution in [0.25, 0.3) is 0 Å². The summed E-state index contributed by atoms with van der Waals surface area (Å²) in [5.74, 6) is -0.345. The largest absolute Gasteiger partial charge is 0.479 e. The average molecular weight is 207 g/mol. The Kier molecular flexibility index (Phi) is 4.78. The molecule has 4 heteroatoms. The molecule has 0 saturated heterocycles. The molecule has 0 fully saturated rings. The number of rotatable bonds is 4. The molecule has 0 radical (unpaired) electrons. The SMILES string of the molecule is C[S+](CCC(O)C(=O)O)C(C)(C)C. The van der Waals surface area contributed by atoms with Gasteiger partial charge in [0.15, 0.2) is 6.10 Å². The highest BCUT2D eigenvalue weighted by molar-refractivity contribution is 7.97. The summed E-state index contributed by atoms with van der Waals surface area (Å²) in [7, 11) is 0.152. The van der Waals surface area contributed by atoms with Crippen molar-refractivity contribution in [1.82, 2.24) is 0 Å². The fourth-order valence-electron chi connectivity index (χ4n) is 0.718. The zero-order valence-electron chi connectivity index (χ0n) is 8.70. The smallest absolute Gasteiger partial charge is 0.332 e. The van der Waals surface area contributed by atoms with Gasteiger partial charge in [0.05, 0.1) is 6.26 Å². The van der Waals surface area contributed by atoms with E-state index in [-0.39, 0.29) is 15.6 Å². The van der Waals surface area contributed by atoms with E-state index < -0.39 is 12.1 Å². The van der Waals surface area contributed by atoms with Crippen LogP contribution in [0.5, 0.6) is 0 Å². The Labute approximate surface area is 82.5 Å². The minimum atomic E-state index is -1.20. The van der Waals surface area contributed by atoms with Crippen molar-refractivity contribution in [3.05, 3.63) is 0 Å². The van der Waals surface area contributed by atoms with Gasteiger partial charge in [0.2, 0.25) is 0 Å². The van der Waals surface area contributed by atoms with Crippen LogP contribution in [0.1, 0.15) is 27.2 Å². The number of aliphatic hydroxyl groups excluding tert-OH is 1. The molecule has 13 heavy (non-hydrogen) atoms. The number of hydrogen-bond acceptors (Lipinski definition) is 2. The van der Waals surface area contributed by atoms with Gasteiger partial charge in [-0.3, -0.25) is 0 Å². The van der Waals surface area contributed by atoms with Gasteiger partial charge in [0.25, 0.3) is 0 Å². The maximum atomic E-state index is 10.3. The quantitative estimate of drug-likeness (QED) is 0.672. The van der Waals surface area contributed by atoms with E-state index in [1.807, 2.05) is 0 Å². The zero-order valence-corrected chi connectivity index (χ0v) is 9.52. The van der Waals surface area contributed by atoms with Gasteiger partial charge < -0.3 is 10.2 Å². The monoisotopic (exact) mass is 207 g/mol. The van der Waals surface area contributed by atoms with Crippen molar-refractivity contribution in [2.75, 3.05) is 12.0 Å². The molecule has 78 valence electrons. The van der Waals surface area contributed by atoms with E-state index in [0.29, 0.717) is 6.42 Å². The average Bonchev–Trinajstić information content (AvgIpc) is 1.97. The molecule has 0 aliphatic heterocycles. The predicted molar refractivity (Wildman–Crippen MR) is 56.2 cm³/mol. The third-order valence-electron chi connectivity index (χ3n) is 2.03. The van der Waals surface area contributed by atoms with Crippen molar-refractivity contribution in [2.45, 2.75) is 38.0 Å². The maximum Gasteiger partial charge on any atom is 0.332 e. The molecule has 0 spiro atoms. The molecular formula is C9H19O3S+. The maximum absolute atomic E-state index is 10.3. The molecule has 0 aromatic rings. The van der Waals surface area contributed by atoms with Gasteiger partial charge in [-0.25, -0.2) is 4.79 Å². The Bertz CT molecular complexity index is 174. The van der Waals surface area contributed by atoms with E-state index >= 15 is 0 Å². The summed E-state index contributed by atoms with van der Waals surface area (Å²) < 4.78 is 0.207. The highest BCUT2D eigenvalue weighted by Gasteiger charge is 2.30. The molecule has 0 bridgehead atoms. The lowest BCUT2D eigenvalue weighted by atomic mass is 10.3. The lowest BCUT2D eigenvalue weighted by Gasteiger charge is -2.18. The lowest BCUT2D eigenvalue weighted by Crippen LogP contribution is -2.32. The fraction of sp³-hybridized carbons (Fsp3) is 0.889. The van der Waals surface area contributed by atoms with Gasteiger partial charge in [-0.05, 0) is 31.7 Å². The number of carboxylic acid groups (broad SMARTS) is 1. The summed E-state index contributed by atoms with van der Waals surface area (Å²) in [5, 5.41) is 17.5.